The smallest absolute Gasteiger partial charge is 0.311 e. The molecule has 0 aliphatic rings. The highest BCUT2D eigenvalue weighted by Crippen LogP contribution is 2.29. The maximum Gasteiger partial charge on any atom is 0.311 e. The summed E-state index contributed by atoms with van der Waals surface area (Å²) in [6, 6.07) is 12.1. The van der Waals surface area contributed by atoms with Crippen molar-refractivity contribution in [3.8, 4) is 5.75 Å². The topological polar surface area (TPSA) is 52.4 Å². The minimum Gasteiger partial charge on any atom is -0.482 e. The maximum absolute atomic E-state index is 11.0. The summed E-state index contributed by atoms with van der Waals surface area (Å²) in [5.41, 5.74) is 1.57. The molecule has 98 valence electrons. The van der Waals surface area contributed by atoms with E-state index in [4.69, 9.17) is 16.3 Å². The molecule has 2 aromatic carbocycles. The third-order valence-corrected chi connectivity index (χ3v) is 3.02. The number of benzene rings is 2. The zero-order chi connectivity index (χ0) is 13.8. The first-order chi connectivity index (χ1) is 9.08. The summed E-state index contributed by atoms with van der Waals surface area (Å²) in [5, 5.41) is 11.5. The van der Waals surface area contributed by atoms with E-state index in [0.29, 0.717) is 5.02 Å². The number of nitro benzene ring substituents is 1. The van der Waals surface area contributed by atoms with Crippen molar-refractivity contribution in [2.75, 3.05) is 0 Å². The molecule has 4 nitrogen and oxygen atoms in total. The fraction of sp³-hybridized carbons (Fsp3) is 0.143. The average Bonchev–Trinajstić information content (AvgIpc) is 2.38. The van der Waals surface area contributed by atoms with Crippen molar-refractivity contribution in [1.29, 1.82) is 0 Å². The van der Waals surface area contributed by atoms with Crippen molar-refractivity contribution in [2.45, 2.75) is 13.5 Å². The van der Waals surface area contributed by atoms with E-state index in [1.165, 1.54) is 6.07 Å². The molecule has 0 heterocycles. The highest BCUT2D eigenvalue weighted by atomic mass is 35.5. The first-order valence-corrected chi connectivity index (χ1v) is 6.07. The molecule has 2 aromatic rings. The zero-order valence-electron chi connectivity index (χ0n) is 10.3. The molecule has 0 radical (unpaired) electrons. The van der Waals surface area contributed by atoms with Crippen LogP contribution < -0.4 is 4.74 Å². The normalized spacial score (nSPS) is 10.2. The van der Waals surface area contributed by atoms with Crippen LogP contribution in [0.15, 0.2) is 42.5 Å². The summed E-state index contributed by atoms with van der Waals surface area (Å²) in [7, 11) is 0. The lowest BCUT2D eigenvalue weighted by atomic mass is 10.2. The van der Waals surface area contributed by atoms with E-state index in [9.17, 15) is 10.1 Å². The first-order valence-electron chi connectivity index (χ1n) is 5.69. The summed E-state index contributed by atoms with van der Waals surface area (Å²) in [4.78, 5) is 10.5. The van der Waals surface area contributed by atoms with E-state index in [2.05, 4.69) is 0 Å². The zero-order valence-corrected chi connectivity index (χ0v) is 11.1. The lowest BCUT2D eigenvalue weighted by molar-refractivity contribution is -0.386. The van der Waals surface area contributed by atoms with Gasteiger partial charge in [0.25, 0.3) is 0 Å². The Balaban J connectivity index is 2.20. The van der Waals surface area contributed by atoms with Gasteiger partial charge in [-0.1, -0.05) is 35.9 Å². The number of halogens is 1. The highest BCUT2D eigenvalue weighted by Gasteiger charge is 2.15. The van der Waals surface area contributed by atoms with Crippen LogP contribution in [0.4, 0.5) is 5.69 Å². The minimum absolute atomic E-state index is 0.0351. The van der Waals surface area contributed by atoms with Crippen LogP contribution in [0.5, 0.6) is 5.75 Å². The van der Waals surface area contributed by atoms with E-state index >= 15 is 0 Å². The van der Waals surface area contributed by atoms with Gasteiger partial charge in [0.1, 0.15) is 6.61 Å². The van der Waals surface area contributed by atoms with Crippen LogP contribution >= 0.6 is 11.6 Å². The largest absolute Gasteiger partial charge is 0.482 e. The van der Waals surface area contributed by atoms with E-state index in [1.54, 1.807) is 25.1 Å². The Morgan fingerprint density at radius 2 is 2.00 bits per heavy atom. The lowest BCUT2D eigenvalue weighted by Gasteiger charge is -2.08. The van der Waals surface area contributed by atoms with Crippen LogP contribution in [0.1, 0.15) is 11.1 Å². The average molecular weight is 278 g/mol. The van der Waals surface area contributed by atoms with Gasteiger partial charge in [0, 0.05) is 16.7 Å². The molecule has 0 aromatic heterocycles. The Labute approximate surface area is 115 Å². The number of rotatable bonds is 4. The molecule has 5 heteroatoms. The Hall–Kier alpha value is -2.07. The van der Waals surface area contributed by atoms with Gasteiger partial charge in [0.05, 0.1) is 4.92 Å². The number of hydrogen-bond acceptors (Lipinski definition) is 3. The van der Waals surface area contributed by atoms with E-state index < -0.39 is 4.92 Å². The van der Waals surface area contributed by atoms with Gasteiger partial charge in [-0.25, -0.2) is 0 Å². The Kier molecular flexibility index (Phi) is 4.02. The monoisotopic (exact) mass is 277 g/mol. The molecule has 0 fully saturated rings. The third kappa shape index (κ3) is 3.23. The van der Waals surface area contributed by atoms with Crippen molar-refractivity contribution >= 4 is 17.3 Å². The van der Waals surface area contributed by atoms with Gasteiger partial charge in [-0.05, 0) is 24.6 Å². The number of hydrogen-bond donors (Lipinski definition) is 0. The second-order valence-electron chi connectivity index (χ2n) is 4.11. The molecule has 0 atom stereocenters. The van der Waals surface area contributed by atoms with E-state index in [1.807, 2.05) is 18.2 Å². The molecular weight excluding hydrogens is 266 g/mol. The van der Waals surface area contributed by atoms with Crippen molar-refractivity contribution in [1.82, 2.24) is 0 Å². The van der Waals surface area contributed by atoms with Crippen molar-refractivity contribution < 1.29 is 9.66 Å². The summed E-state index contributed by atoms with van der Waals surface area (Å²) in [6.07, 6.45) is 0. The van der Waals surface area contributed by atoms with Crippen LogP contribution in [0.2, 0.25) is 5.02 Å². The highest BCUT2D eigenvalue weighted by molar-refractivity contribution is 6.31. The molecule has 0 unspecified atom stereocenters. The fourth-order valence-electron chi connectivity index (χ4n) is 1.66. The molecule has 0 spiro atoms. The van der Waals surface area contributed by atoms with E-state index in [-0.39, 0.29) is 18.0 Å². The van der Waals surface area contributed by atoms with Crippen LogP contribution in [0.25, 0.3) is 0 Å². The summed E-state index contributed by atoms with van der Waals surface area (Å²) in [5.74, 6) is 0.246. The number of aryl methyl sites for hydroxylation is 1. The molecule has 2 rings (SSSR count). The van der Waals surface area contributed by atoms with Crippen molar-refractivity contribution in [3.63, 3.8) is 0 Å². The Morgan fingerprint density at radius 1 is 1.26 bits per heavy atom. The fourth-order valence-corrected chi connectivity index (χ4v) is 1.85. The van der Waals surface area contributed by atoms with Crippen LogP contribution in [-0.4, -0.2) is 4.92 Å². The predicted molar refractivity (Wildman–Crippen MR) is 73.6 cm³/mol. The number of nitrogens with zero attached hydrogens (tertiary/aromatic N) is 1. The van der Waals surface area contributed by atoms with Crippen molar-refractivity contribution in [3.05, 3.63) is 68.7 Å². The second kappa shape index (κ2) is 5.71. The molecule has 0 saturated carbocycles. The molecule has 0 bridgehead atoms. The van der Waals surface area contributed by atoms with Gasteiger partial charge < -0.3 is 4.74 Å². The molecule has 0 amide bonds. The second-order valence-corrected chi connectivity index (χ2v) is 4.52. The van der Waals surface area contributed by atoms with Crippen LogP contribution in [0, 0.1) is 17.0 Å². The number of nitro groups is 1. The number of ether oxygens (including phenoxy) is 1. The lowest BCUT2D eigenvalue weighted by Crippen LogP contribution is -2.00. The van der Waals surface area contributed by atoms with Crippen LogP contribution in [-0.2, 0) is 6.61 Å². The standard InChI is InChI=1S/C14H12ClNO3/c1-10-6-7-14(13(8-10)16(17)18)19-9-11-4-2-3-5-12(11)15/h2-8H,9H2,1H3. The van der Waals surface area contributed by atoms with Crippen molar-refractivity contribution in [2.24, 2.45) is 0 Å². The summed E-state index contributed by atoms with van der Waals surface area (Å²) in [6.45, 7) is 1.99. The van der Waals surface area contributed by atoms with Gasteiger partial charge in [-0.3, -0.25) is 10.1 Å². The maximum atomic E-state index is 11.0. The van der Waals surface area contributed by atoms with Gasteiger partial charge in [0.2, 0.25) is 0 Å². The summed E-state index contributed by atoms with van der Waals surface area (Å²) >= 11 is 6.00. The molecule has 19 heavy (non-hydrogen) atoms. The Morgan fingerprint density at radius 3 is 2.68 bits per heavy atom. The Bertz CT molecular complexity index is 613. The molecule has 0 aliphatic carbocycles. The summed E-state index contributed by atoms with van der Waals surface area (Å²) < 4.78 is 5.49. The molecule has 0 aliphatic heterocycles. The SMILES string of the molecule is Cc1ccc(OCc2ccccc2Cl)c([N+](=O)[O-])c1. The van der Waals surface area contributed by atoms with Gasteiger partial charge in [0.15, 0.2) is 5.75 Å². The van der Waals surface area contributed by atoms with Gasteiger partial charge in [-0.2, -0.15) is 0 Å². The molecular formula is C14H12ClNO3. The van der Waals surface area contributed by atoms with Gasteiger partial charge >= 0.3 is 5.69 Å². The minimum atomic E-state index is -0.449. The third-order valence-electron chi connectivity index (χ3n) is 2.65. The quantitative estimate of drug-likeness (QED) is 0.623. The first kappa shape index (κ1) is 13.4. The van der Waals surface area contributed by atoms with Gasteiger partial charge in [-0.15, -0.1) is 0 Å². The molecule has 0 saturated heterocycles. The van der Waals surface area contributed by atoms with Crippen LogP contribution in [0.3, 0.4) is 0 Å². The molecule has 0 N–H and O–H groups in total. The predicted octanol–water partition coefficient (Wildman–Crippen LogP) is 4.14. The van der Waals surface area contributed by atoms with E-state index in [0.717, 1.165) is 11.1 Å².